The molecular weight excluding hydrogens is 308 g/mol. The summed E-state index contributed by atoms with van der Waals surface area (Å²) in [6.07, 6.45) is -0.563. The minimum absolute atomic E-state index is 0.144. The van der Waals surface area contributed by atoms with Gasteiger partial charge in [0.2, 0.25) is 0 Å². The fraction of sp³-hybridized carbons (Fsp3) is 0.692. The van der Waals surface area contributed by atoms with E-state index in [1.165, 1.54) is 14.7 Å². The standard InChI is InChI=1S/C13H22N4O4S/c1-4-16(5-2)22(19,20)17-6-7-21-11(9-17)13-14-10(3)8-12(18)15-13/h8,11H,4-7,9H2,1-3H3,(H,14,15,18). The van der Waals surface area contributed by atoms with Crippen LogP contribution in [-0.4, -0.2) is 59.8 Å². The van der Waals surface area contributed by atoms with Crippen LogP contribution in [0.1, 0.15) is 31.5 Å². The molecular formula is C13H22N4O4S. The first-order valence-corrected chi connectivity index (χ1v) is 8.72. The molecule has 22 heavy (non-hydrogen) atoms. The molecule has 124 valence electrons. The van der Waals surface area contributed by atoms with Gasteiger partial charge in [-0.3, -0.25) is 4.79 Å². The third-order valence-corrected chi connectivity index (χ3v) is 5.73. The molecule has 1 aromatic rings. The van der Waals surface area contributed by atoms with Gasteiger partial charge in [-0.15, -0.1) is 0 Å². The van der Waals surface area contributed by atoms with E-state index in [0.717, 1.165) is 0 Å². The molecule has 0 radical (unpaired) electrons. The fourth-order valence-electron chi connectivity index (χ4n) is 2.47. The van der Waals surface area contributed by atoms with Crippen LogP contribution in [0.2, 0.25) is 0 Å². The van der Waals surface area contributed by atoms with Gasteiger partial charge in [0, 0.05) is 37.9 Å². The number of nitrogens with zero attached hydrogens (tertiary/aromatic N) is 3. The topological polar surface area (TPSA) is 95.6 Å². The number of nitrogens with one attached hydrogen (secondary N) is 1. The molecule has 0 saturated carbocycles. The van der Waals surface area contributed by atoms with Crippen molar-refractivity contribution in [3.8, 4) is 0 Å². The molecule has 2 heterocycles. The second kappa shape index (κ2) is 6.86. The van der Waals surface area contributed by atoms with E-state index < -0.39 is 16.3 Å². The smallest absolute Gasteiger partial charge is 0.282 e. The second-order valence-corrected chi connectivity index (χ2v) is 7.01. The Kier molecular flexibility index (Phi) is 5.32. The van der Waals surface area contributed by atoms with Crippen LogP contribution in [0, 0.1) is 6.92 Å². The molecule has 0 aliphatic carbocycles. The van der Waals surface area contributed by atoms with Crippen molar-refractivity contribution in [2.75, 3.05) is 32.8 Å². The number of hydrogen-bond acceptors (Lipinski definition) is 5. The van der Waals surface area contributed by atoms with Gasteiger partial charge in [-0.1, -0.05) is 13.8 Å². The Balaban J connectivity index is 2.23. The summed E-state index contributed by atoms with van der Waals surface area (Å²) in [6.45, 7) is 6.86. The van der Waals surface area contributed by atoms with Crippen molar-refractivity contribution in [3.05, 3.63) is 27.9 Å². The first-order chi connectivity index (χ1) is 10.4. The van der Waals surface area contributed by atoms with Crippen LogP contribution in [0.5, 0.6) is 0 Å². The van der Waals surface area contributed by atoms with Crippen LogP contribution < -0.4 is 5.56 Å². The van der Waals surface area contributed by atoms with Crippen LogP contribution in [0.3, 0.4) is 0 Å². The average molecular weight is 330 g/mol. The van der Waals surface area contributed by atoms with Crippen molar-refractivity contribution >= 4 is 10.2 Å². The number of morpholine rings is 1. The molecule has 1 atom stereocenters. The summed E-state index contributed by atoms with van der Waals surface area (Å²) in [6, 6.07) is 1.39. The van der Waals surface area contributed by atoms with Gasteiger partial charge < -0.3 is 9.72 Å². The molecule has 1 N–H and O–H groups in total. The number of aryl methyl sites for hydroxylation is 1. The Morgan fingerprint density at radius 2 is 2.14 bits per heavy atom. The maximum Gasteiger partial charge on any atom is 0.282 e. The maximum absolute atomic E-state index is 12.6. The van der Waals surface area contributed by atoms with Crippen molar-refractivity contribution in [2.45, 2.75) is 26.9 Å². The predicted octanol–water partition coefficient (Wildman–Crippen LogP) is 0.0382. The van der Waals surface area contributed by atoms with Gasteiger partial charge in [0.05, 0.1) is 6.61 Å². The molecule has 1 fully saturated rings. The third kappa shape index (κ3) is 3.54. The summed E-state index contributed by atoms with van der Waals surface area (Å²) in [5.41, 5.74) is 0.306. The molecule has 0 spiro atoms. The molecule has 1 aliphatic heterocycles. The maximum atomic E-state index is 12.6. The third-order valence-electron chi connectivity index (χ3n) is 3.58. The quantitative estimate of drug-likeness (QED) is 0.822. The van der Waals surface area contributed by atoms with Gasteiger partial charge >= 0.3 is 0 Å². The minimum Gasteiger partial charge on any atom is -0.368 e. The number of aromatic amines is 1. The zero-order chi connectivity index (χ0) is 16.3. The zero-order valence-electron chi connectivity index (χ0n) is 13.1. The lowest BCUT2D eigenvalue weighted by Gasteiger charge is -2.34. The van der Waals surface area contributed by atoms with Gasteiger partial charge in [-0.05, 0) is 6.92 Å². The van der Waals surface area contributed by atoms with Crippen LogP contribution >= 0.6 is 0 Å². The average Bonchev–Trinajstić information content (AvgIpc) is 2.47. The molecule has 0 amide bonds. The van der Waals surface area contributed by atoms with Crippen molar-refractivity contribution < 1.29 is 13.2 Å². The van der Waals surface area contributed by atoms with E-state index in [4.69, 9.17) is 4.74 Å². The van der Waals surface area contributed by atoms with Crippen molar-refractivity contribution in [3.63, 3.8) is 0 Å². The Morgan fingerprint density at radius 1 is 1.45 bits per heavy atom. The molecule has 1 aromatic heterocycles. The first kappa shape index (κ1) is 17.1. The molecule has 8 nitrogen and oxygen atoms in total. The van der Waals surface area contributed by atoms with Crippen molar-refractivity contribution in [1.29, 1.82) is 0 Å². The number of H-pyrrole nitrogens is 1. The van der Waals surface area contributed by atoms with Gasteiger partial charge in [0.1, 0.15) is 11.9 Å². The van der Waals surface area contributed by atoms with E-state index in [1.54, 1.807) is 20.8 Å². The SMILES string of the molecule is CCN(CC)S(=O)(=O)N1CCOC(c2nc(C)cc(=O)[nH]2)C1. The first-order valence-electron chi connectivity index (χ1n) is 7.33. The van der Waals surface area contributed by atoms with Gasteiger partial charge in [0.15, 0.2) is 0 Å². The Morgan fingerprint density at radius 3 is 2.73 bits per heavy atom. The van der Waals surface area contributed by atoms with E-state index >= 15 is 0 Å². The van der Waals surface area contributed by atoms with E-state index in [2.05, 4.69) is 9.97 Å². The lowest BCUT2D eigenvalue weighted by molar-refractivity contribution is -0.00935. The summed E-state index contributed by atoms with van der Waals surface area (Å²) in [5, 5.41) is 0. The highest BCUT2D eigenvalue weighted by Crippen LogP contribution is 2.22. The molecule has 2 rings (SSSR count). The van der Waals surface area contributed by atoms with Crippen molar-refractivity contribution in [1.82, 2.24) is 18.6 Å². The highest BCUT2D eigenvalue weighted by atomic mass is 32.2. The summed E-state index contributed by atoms with van der Waals surface area (Å²) in [7, 11) is -3.52. The molecule has 0 aromatic carbocycles. The molecule has 0 bridgehead atoms. The summed E-state index contributed by atoms with van der Waals surface area (Å²) >= 11 is 0. The summed E-state index contributed by atoms with van der Waals surface area (Å²) < 4.78 is 33.5. The van der Waals surface area contributed by atoms with E-state index in [-0.39, 0.29) is 18.7 Å². The lowest BCUT2D eigenvalue weighted by Crippen LogP contribution is -2.49. The Hall–Kier alpha value is -1.29. The number of ether oxygens (including phenoxy) is 1. The highest BCUT2D eigenvalue weighted by Gasteiger charge is 2.34. The molecule has 9 heteroatoms. The zero-order valence-corrected chi connectivity index (χ0v) is 13.9. The Bertz CT molecular complexity index is 669. The second-order valence-electron chi connectivity index (χ2n) is 5.08. The lowest BCUT2D eigenvalue weighted by atomic mass is 10.3. The van der Waals surface area contributed by atoms with E-state index in [9.17, 15) is 13.2 Å². The molecule has 1 saturated heterocycles. The Labute approximate surface area is 130 Å². The van der Waals surface area contributed by atoms with Gasteiger partial charge in [0.25, 0.3) is 15.8 Å². The van der Waals surface area contributed by atoms with Crippen LogP contribution in [-0.2, 0) is 14.9 Å². The van der Waals surface area contributed by atoms with Crippen LogP contribution in [0.25, 0.3) is 0 Å². The normalized spacial score (nSPS) is 20.5. The fourth-order valence-corrected chi connectivity index (χ4v) is 4.08. The van der Waals surface area contributed by atoms with Gasteiger partial charge in [-0.2, -0.15) is 17.0 Å². The molecule has 1 aliphatic rings. The summed E-state index contributed by atoms with van der Waals surface area (Å²) in [5.74, 6) is 0.365. The van der Waals surface area contributed by atoms with E-state index in [1.807, 2.05) is 0 Å². The summed E-state index contributed by atoms with van der Waals surface area (Å²) in [4.78, 5) is 18.4. The monoisotopic (exact) mass is 330 g/mol. The van der Waals surface area contributed by atoms with Crippen molar-refractivity contribution in [2.24, 2.45) is 0 Å². The highest BCUT2D eigenvalue weighted by molar-refractivity contribution is 7.86. The predicted molar refractivity (Wildman–Crippen MR) is 81.7 cm³/mol. The molecule has 1 unspecified atom stereocenters. The number of aromatic nitrogens is 2. The van der Waals surface area contributed by atoms with Crippen LogP contribution in [0.15, 0.2) is 10.9 Å². The number of hydrogen-bond donors (Lipinski definition) is 1. The minimum atomic E-state index is -3.52. The number of rotatable bonds is 5. The van der Waals surface area contributed by atoms with Gasteiger partial charge in [-0.25, -0.2) is 4.98 Å². The largest absolute Gasteiger partial charge is 0.368 e. The van der Waals surface area contributed by atoms with Crippen LogP contribution in [0.4, 0.5) is 0 Å². The van der Waals surface area contributed by atoms with E-state index in [0.29, 0.717) is 31.2 Å².